The highest BCUT2D eigenvalue weighted by atomic mass is 35.5. The Morgan fingerprint density at radius 2 is 2.00 bits per heavy atom. The van der Waals surface area contributed by atoms with Crippen LogP contribution in [0.4, 0.5) is 0 Å². The van der Waals surface area contributed by atoms with E-state index in [1.165, 1.54) is 12.1 Å². The molecule has 4 N–H and O–H groups in total. The van der Waals surface area contributed by atoms with E-state index >= 15 is 0 Å². The van der Waals surface area contributed by atoms with E-state index in [9.17, 15) is 15.0 Å². The van der Waals surface area contributed by atoms with Gasteiger partial charge >= 0.3 is 5.97 Å². The lowest BCUT2D eigenvalue weighted by molar-refractivity contribution is -0.141. The van der Waals surface area contributed by atoms with Crippen LogP contribution in [0.3, 0.4) is 0 Å². The molecular weight excluding hydrogens is 248 g/mol. The Bertz CT molecular complexity index is 407. The first-order chi connectivity index (χ1) is 7.95. The number of carboxylic acid groups (broad SMARTS) is 1. The van der Waals surface area contributed by atoms with E-state index in [1.54, 1.807) is 6.07 Å². The van der Waals surface area contributed by atoms with Gasteiger partial charge in [-0.1, -0.05) is 17.7 Å². The molecule has 0 aliphatic carbocycles. The zero-order valence-electron chi connectivity index (χ0n) is 8.88. The summed E-state index contributed by atoms with van der Waals surface area (Å²) in [4.78, 5) is 10.4. The Balaban J connectivity index is 2.94. The second kappa shape index (κ2) is 5.97. The van der Waals surface area contributed by atoms with Crippen LogP contribution in [0.15, 0.2) is 18.2 Å². The average molecular weight is 261 g/mol. The van der Waals surface area contributed by atoms with Gasteiger partial charge in [0.2, 0.25) is 0 Å². The molecule has 5 nitrogen and oxygen atoms in total. The van der Waals surface area contributed by atoms with E-state index in [1.807, 2.05) is 0 Å². The zero-order chi connectivity index (χ0) is 13.0. The van der Waals surface area contributed by atoms with Gasteiger partial charge in [0.15, 0.2) is 0 Å². The molecule has 1 rings (SSSR count). The summed E-state index contributed by atoms with van der Waals surface area (Å²) in [5.41, 5.74) is 0.720. The van der Waals surface area contributed by atoms with Crippen molar-refractivity contribution in [3.05, 3.63) is 34.3 Å². The van der Waals surface area contributed by atoms with Crippen molar-refractivity contribution < 1.29 is 25.2 Å². The van der Waals surface area contributed by atoms with E-state index in [-0.39, 0.29) is 17.2 Å². The van der Waals surface area contributed by atoms with Crippen LogP contribution in [0.2, 0.25) is 5.02 Å². The molecule has 0 aliphatic rings. The first-order valence-electron chi connectivity index (χ1n) is 4.92. The number of benzene rings is 1. The molecule has 0 aromatic heterocycles. The van der Waals surface area contributed by atoms with Crippen molar-refractivity contribution in [3.63, 3.8) is 0 Å². The predicted molar refractivity (Wildman–Crippen MR) is 60.6 cm³/mol. The SMILES string of the molecule is O=C(O)CC(O)C(O)c1cc(CO)ccc1Cl. The summed E-state index contributed by atoms with van der Waals surface area (Å²) in [6, 6.07) is 4.47. The summed E-state index contributed by atoms with van der Waals surface area (Å²) in [5, 5.41) is 36.9. The van der Waals surface area contributed by atoms with Gasteiger partial charge in [0.25, 0.3) is 0 Å². The topological polar surface area (TPSA) is 98.0 Å². The summed E-state index contributed by atoms with van der Waals surface area (Å²) in [7, 11) is 0. The maximum Gasteiger partial charge on any atom is 0.306 e. The van der Waals surface area contributed by atoms with Gasteiger partial charge in [-0.2, -0.15) is 0 Å². The molecule has 0 fully saturated rings. The van der Waals surface area contributed by atoms with Gasteiger partial charge in [0.1, 0.15) is 6.10 Å². The van der Waals surface area contributed by atoms with Gasteiger partial charge in [0.05, 0.1) is 19.1 Å². The van der Waals surface area contributed by atoms with Gasteiger partial charge in [0, 0.05) is 10.6 Å². The highest BCUT2D eigenvalue weighted by Crippen LogP contribution is 2.27. The third-order valence-corrected chi connectivity index (χ3v) is 2.65. The number of carboxylic acids is 1. The smallest absolute Gasteiger partial charge is 0.306 e. The number of aliphatic hydroxyl groups is 3. The lowest BCUT2D eigenvalue weighted by Crippen LogP contribution is -2.22. The molecule has 1 aromatic rings. The third kappa shape index (κ3) is 3.67. The molecule has 0 saturated carbocycles. The second-order valence-electron chi connectivity index (χ2n) is 3.62. The minimum Gasteiger partial charge on any atom is -0.481 e. The fraction of sp³-hybridized carbons (Fsp3) is 0.364. The Kier molecular flexibility index (Phi) is 4.89. The van der Waals surface area contributed by atoms with Crippen LogP contribution in [0.1, 0.15) is 23.7 Å². The van der Waals surface area contributed by atoms with Crippen molar-refractivity contribution in [2.24, 2.45) is 0 Å². The Hall–Kier alpha value is -1.14. The van der Waals surface area contributed by atoms with Crippen LogP contribution in [0.25, 0.3) is 0 Å². The molecule has 17 heavy (non-hydrogen) atoms. The lowest BCUT2D eigenvalue weighted by Gasteiger charge is -2.18. The summed E-state index contributed by atoms with van der Waals surface area (Å²) in [6.07, 6.45) is -3.43. The highest BCUT2D eigenvalue weighted by Gasteiger charge is 2.23. The van der Waals surface area contributed by atoms with Crippen LogP contribution in [-0.4, -0.2) is 32.5 Å². The summed E-state index contributed by atoms with van der Waals surface area (Å²) in [5.74, 6) is -1.22. The molecule has 0 bridgehead atoms. The average Bonchev–Trinajstić information content (AvgIpc) is 2.28. The van der Waals surface area contributed by atoms with E-state index in [0.29, 0.717) is 5.56 Å². The molecule has 0 spiro atoms. The maximum absolute atomic E-state index is 10.4. The van der Waals surface area contributed by atoms with E-state index in [4.69, 9.17) is 21.8 Å². The molecule has 0 amide bonds. The van der Waals surface area contributed by atoms with E-state index < -0.39 is 24.6 Å². The Labute approximate surface area is 103 Å². The van der Waals surface area contributed by atoms with Crippen molar-refractivity contribution in [1.82, 2.24) is 0 Å². The van der Waals surface area contributed by atoms with Crippen molar-refractivity contribution in [2.75, 3.05) is 0 Å². The number of rotatable bonds is 5. The molecule has 0 heterocycles. The minimum atomic E-state index is -1.45. The molecule has 6 heteroatoms. The molecule has 2 atom stereocenters. The Morgan fingerprint density at radius 1 is 1.35 bits per heavy atom. The number of hydrogen-bond donors (Lipinski definition) is 4. The normalized spacial score (nSPS) is 14.4. The number of aliphatic carboxylic acids is 1. The van der Waals surface area contributed by atoms with Gasteiger partial charge in [-0.25, -0.2) is 0 Å². The van der Waals surface area contributed by atoms with Crippen LogP contribution < -0.4 is 0 Å². The van der Waals surface area contributed by atoms with Crippen LogP contribution in [0.5, 0.6) is 0 Å². The van der Waals surface area contributed by atoms with Gasteiger partial charge in [-0.3, -0.25) is 4.79 Å². The fourth-order valence-corrected chi connectivity index (χ4v) is 1.65. The minimum absolute atomic E-state index is 0.201. The molecule has 2 unspecified atom stereocenters. The molecule has 0 radical (unpaired) electrons. The van der Waals surface area contributed by atoms with Gasteiger partial charge in [-0.05, 0) is 17.7 Å². The number of hydrogen-bond acceptors (Lipinski definition) is 4. The quantitative estimate of drug-likeness (QED) is 0.625. The van der Waals surface area contributed by atoms with Crippen molar-refractivity contribution in [3.8, 4) is 0 Å². The highest BCUT2D eigenvalue weighted by molar-refractivity contribution is 6.31. The van der Waals surface area contributed by atoms with Crippen molar-refractivity contribution >= 4 is 17.6 Å². The number of carbonyl (C=O) groups is 1. The van der Waals surface area contributed by atoms with Crippen LogP contribution in [0, 0.1) is 0 Å². The van der Waals surface area contributed by atoms with Crippen molar-refractivity contribution in [1.29, 1.82) is 0 Å². The first-order valence-corrected chi connectivity index (χ1v) is 5.30. The summed E-state index contributed by atoms with van der Waals surface area (Å²) in [6.45, 7) is -0.230. The predicted octanol–water partition coefficient (Wildman–Crippen LogP) is 0.701. The van der Waals surface area contributed by atoms with Gasteiger partial charge in [-0.15, -0.1) is 0 Å². The first kappa shape index (κ1) is 13.9. The van der Waals surface area contributed by atoms with Crippen LogP contribution in [-0.2, 0) is 11.4 Å². The number of halogens is 1. The standard InChI is InChI=1S/C11H13ClO5/c12-8-2-1-6(5-13)3-7(8)11(17)9(14)4-10(15)16/h1-3,9,11,13-14,17H,4-5H2,(H,15,16). The molecule has 1 aromatic carbocycles. The lowest BCUT2D eigenvalue weighted by atomic mass is 10.00. The molecule has 0 saturated heterocycles. The molecular formula is C11H13ClO5. The number of aliphatic hydroxyl groups excluding tert-OH is 3. The summed E-state index contributed by atoms with van der Waals surface area (Å²) < 4.78 is 0. The molecule has 94 valence electrons. The van der Waals surface area contributed by atoms with E-state index in [0.717, 1.165) is 0 Å². The van der Waals surface area contributed by atoms with Crippen LogP contribution >= 0.6 is 11.6 Å². The molecule has 0 aliphatic heterocycles. The maximum atomic E-state index is 10.4. The Morgan fingerprint density at radius 3 is 2.53 bits per heavy atom. The summed E-state index contributed by atoms with van der Waals surface area (Å²) >= 11 is 5.83. The second-order valence-corrected chi connectivity index (χ2v) is 4.03. The largest absolute Gasteiger partial charge is 0.481 e. The third-order valence-electron chi connectivity index (χ3n) is 2.31. The van der Waals surface area contributed by atoms with E-state index in [2.05, 4.69) is 0 Å². The fourth-order valence-electron chi connectivity index (χ4n) is 1.42. The van der Waals surface area contributed by atoms with Crippen molar-refractivity contribution in [2.45, 2.75) is 25.2 Å². The zero-order valence-corrected chi connectivity index (χ0v) is 9.63. The van der Waals surface area contributed by atoms with Gasteiger partial charge < -0.3 is 20.4 Å². The monoisotopic (exact) mass is 260 g/mol.